The minimum absolute atomic E-state index is 0.0619. The third kappa shape index (κ3) is 7.78. The number of ether oxygens (including phenoxy) is 1. The molecular weight excluding hydrogens is 166 g/mol. The summed E-state index contributed by atoms with van der Waals surface area (Å²) in [4.78, 5) is 13.2. The van der Waals surface area contributed by atoms with Crippen LogP contribution >= 0.6 is 0 Å². The van der Waals surface area contributed by atoms with Crippen molar-refractivity contribution >= 4 is 5.97 Å². The van der Waals surface area contributed by atoms with Gasteiger partial charge in [-0.25, -0.2) is 0 Å². The maximum Gasteiger partial charge on any atom is 0.306 e. The molecule has 1 atom stereocenters. The van der Waals surface area contributed by atoms with Crippen molar-refractivity contribution in [2.75, 3.05) is 20.6 Å². The van der Waals surface area contributed by atoms with Crippen molar-refractivity contribution in [3.8, 4) is 0 Å². The van der Waals surface area contributed by atoms with Crippen LogP contribution < -0.4 is 0 Å². The first-order valence-corrected chi connectivity index (χ1v) is 4.90. The van der Waals surface area contributed by atoms with Gasteiger partial charge in [0.25, 0.3) is 0 Å². The molecule has 0 aromatic rings. The van der Waals surface area contributed by atoms with Gasteiger partial charge in [-0.05, 0) is 40.4 Å². The first kappa shape index (κ1) is 12.4. The molecule has 0 N–H and O–H groups in total. The minimum atomic E-state index is -0.0730. The molecule has 0 bridgehead atoms. The summed E-state index contributed by atoms with van der Waals surface area (Å²) in [6.45, 7) is 4.87. The van der Waals surface area contributed by atoms with E-state index in [4.69, 9.17) is 4.74 Å². The van der Waals surface area contributed by atoms with Crippen LogP contribution in [-0.2, 0) is 9.53 Å². The van der Waals surface area contributed by atoms with Gasteiger partial charge in [-0.2, -0.15) is 0 Å². The zero-order chi connectivity index (χ0) is 10.3. The van der Waals surface area contributed by atoms with Gasteiger partial charge in [0.15, 0.2) is 0 Å². The van der Waals surface area contributed by atoms with E-state index in [9.17, 15) is 4.79 Å². The molecule has 0 aliphatic rings. The molecule has 78 valence electrons. The van der Waals surface area contributed by atoms with Gasteiger partial charge >= 0.3 is 5.97 Å². The highest BCUT2D eigenvalue weighted by Crippen LogP contribution is 2.00. The molecule has 0 aromatic carbocycles. The minimum Gasteiger partial charge on any atom is -0.463 e. The van der Waals surface area contributed by atoms with E-state index in [1.165, 1.54) is 0 Å². The third-order valence-electron chi connectivity index (χ3n) is 1.89. The van der Waals surface area contributed by atoms with Crippen molar-refractivity contribution in [1.29, 1.82) is 0 Å². The molecule has 1 unspecified atom stereocenters. The Morgan fingerprint density at radius 3 is 2.54 bits per heavy atom. The molecule has 0 aliphatic carbocycles. The van der Waals surface area contributed by atoms with E-state index in [1.54, 1.807) is 0 Å². The van der Waals surface area contributed by atoms with Crippen molar-refractivity contribution in [1.82, 2.24) is 4.90 Å². The van der Waals surface area contributed by atoms with E-state index in [-0.39, 0.29) is 12.1 Å². The monoisotopic (exact) mass is 187 g/mol. The molecule has 0 saturated heterocycles. The van der Waals surface area contributed by atoms with E-state index in [0.717, 1.165) is 19.4 Å². The van der Waals surface area contributed by atoms with Gasteiger partial charge in [0.1, 0.15) is 0 Å². The van der Waals surface area contributed by atoms with Crippen molar-refractivity contribution < 1.29 is 9.53 Å². The predicted molar refractivity (Wildman–Crippen MR) is 53.6 cm³/mol. The first-order chi connectivity index (χ1) is 6.06. The summed E-state index contributed by atoms with van der Waals surface area (Å²) in [7, 11) is 4.00. The number of nitrogens with zero attached hydrogens (tertiary/aromatic N) is 1. The average Bonchev–Trinajstić information content (AvgIpc) is 2.03. The Morgan fingerprint density at radius 1 is 1.46 bits per heavy atom. The van der Waals surface area contributed by atoms with Gasteiger partial charge in [-0.3, -0.25) is 4.79 Å². The van der Waals surface area contributed by atoms with Crippen molar-refractivity contribution in [2.24, 2.45) is 0 Å². The summed E-state index contributed by atoms with van der Waals surface area (Å²) in [6, 6.07) is 0. The standard InChI is InChI=1S/C10H21NO2/c1-5-9(2)13-10(12)7-6-8-11(3)4/h9H,5-8H2,1-4H3. The Labute approximate surface area is 81.1 Å². The molecule has 0 fully saturated rings. The highest BCUT2D eigenvalue weighted by Gasteiger charge is 2.06. The molecule has 3 heteroatoms. The molecule has 0 spiro atoms. The number of carbonyl (C=O) groups excluding carboxylic acids is 1. The SMILES string of the molecule is CCC(C)OC(=O)CCCN(C)C. The molecular formula is C10H21NO2. The van der Waals surface area contributed by atoms with Crippen molar-refractivity contribution in [3.05, 3.63) is 0 Å². The molecule has 0 saturated carbocycles. The van der Waals surface area contributed by atoms with E-state index in [2.05, 4.69) is 4.90 Å². The van der Waals surface area contributed by atoms with Crippen LogP contribution in [0.2, 0.25) is 0 Å². The lowest BCUT2D eigenvalue weighted by molar-refractivity contribution is -0.148. The molecule has 0 rings (SSSR count). The largest absolute Gasteiger partial charge is 0.463 e. The smallest absolute Gasteiger partial charge is 0.306 e. The van der Waals surface area contributed by atoms with Crippen LogP contribution in [0.3, 0.4) is 0 Å². The van der Waals surface area contributed by atoms with Crippen molar-refractivity contribution in [3.63, 3.8) is 0 Å². The van der Waals surface area contributed by atoms with Crippen molar-refractivity contribution in [2.45, 2.75) is 39.2 Å². The van der Waals surface area contributed by atoms with Gasteiger partial charge in [-0.15, -0.1) is 0 Å². The fourth-order valence-corrected chi connectivity index (χ4v) is 0.906. The lowest BCUT2D eigenvalue weighted by atomic mass is 10.3. The molecule has 0 aromatic heterocycles. The number of carbonyl (C=O) groups is 1. The Morgan fingerprint density at radius 2 is 2.08 bits per heavy atom. The fraction of sp³-hybridized carbons (Fsp3) is 0.900. The van der Waals surface area contributed by atoms with Gasteiger partial charge in [-0.1, -0.05) is 6.92 Å². The van der Waals surface area contributed by atoms with Crippen LogP contribution in [0.15, 0.2) is 0 Å². The summed E-state index contributed by atoms with van der Waals surface area (Å²) < 4.78 is 5.12. The van der Waals surface area contributed by atoms with Gasteiger partial charge in [0.2, 0.25) is 0 Å². The first-order valence-electron chi connectivity index (χ1n) is 4.90. The maximum atomic E-state index is 11.2. The highest BCUT2D eigenvalue weighted by atomic mass is 16.5. The van der Waals surface area contributed by atoms with Crippen LogP contribution in [0.4, 0.5) is 0 Å². The zero-order valence-corrected chi connectivity index (χ0v) is 9.17. The highest BCUT2D eigenvalue weighted by molar-refractivity contribution is 5.69. The molecule has 3 nitrogen and oxygen atoms in total. The fourth-order valence-electron chi connectivity index (χ4n) is 0.906. The summed E-state index contributed by atoms with van der Waals surface area (Å²) in [5.41, 5.74) is 0. The van der Waals surface area contributed by atoms with E-state index in [1.807, 2.05) is 27.9 Å². The summed E-state index contributed by atoms with van der Waals surface area (Å²) in [5, 5.41) is 0. The van der Waals surface area contributed by atoms with Gasteiger partial charge < -0.3 is 9.64 Å². The number of esters is 1. The van der Waals surface area contributed by atoms with Gasteiger partial charge in [0, 0.05) is 6.42 Å². The normalized spacial score (nSPS) is 13.0. The average molecular weight is 187 g/mol. The van der Waals surface area contributed by atoms with E-state index < -0.39 is 0 Å². The third-order valence-corrected chi connectivity index (χ3v) is 1.89. The molecule has 0 radical (unpaired) electrons. The number of hydrogen-bond acceptors (Lipinski definition) is 3. The summed E-state index contributed by atoms with van der Waals surface area (Å²) >= 11 is 0. The second-order valence-corrected chi connectivity index (χ2v) is 3.62. The van der Waals surface area contributed by atoms with Gasteiger partial charge in [0.05, 0.1) is 6.10 Å². The topological polar surface area (TPSA) is 29.5 Å². The second-order valence-electron chi connectivity index (χ2n) is 3.62. The Balaban J connectivity index is 3.41. The summed E-state index contributed by atoms with van der Waals surface area (Å²) in [6.07, 6.45) is 2.36. The maximum absolute atomic E-state index is 11.2. The Bertz CT molecular complexity index is 146. The zero-order valence-electron chi connectivity index (χ0n) is 9.17. The molecule has 0 aliphatic heterocycles. The van der Waals surface area contributed by atoms with Crippen LogP contribution in [0.5, 0.6) is 0 Å². The molecule has 13 heavy (non-hydrogen) atoms. The van der Waals surface area contributed by atoms with Crippen LogP contribution in [0.25, 0.3) is 0 Å². The predicted octanol–water partition coefficient (Wildman–Crippen LogP) is 1.67. The van der Waals surface area contributed by atoms with E-state index in [0.29, 0.717) is 6.42 Å². The lowest BCUT2D eigenvalue weighted by Gasteiger charge is -2.12. The molecule has 0 heterocycles. The van der Waals surface area contributed by atoms with Crippen LogP contribution in [0, 0.1) is 0 Å². The van der Waals surface area contributed by atoms with Crippen LogP contribution in [-0.4, -0.2) is 37.6 Å². The lowest BCUT2D eigenvalue weighted by Crippen LogP contribution is -2.17. The number of hydrogen-bond donors (Lipinski definition) is 0. The number of rotatable bonds is 6. The Hall–Kier alpha value is -0.570. The van der Waals surface area contributed by atoms with Crippen LogP contribution in [0.1, 0.15) is 33.1 Å². The second kappa shape index (κ2) is 6.89. The quantitative estimate of drug-likeness (QED) is 0.592. The van der Waals surface area contributed by atoms with E-state index >= 15 is 0 Å². The molecule has 0 amide bonds. The summed E-state index contributed by atoms with van der Waals surface area (Å²) in [5.74, 6) is -0.0730. The Kier molecular flexibility index (Phi) is 6.59.